The van der Waals surface area contributed by atoms with Crippen molar-refractivity contribution in [3.63, 3.8) is 0 Å². The van der Waals surface area contributed by atoms with E-state index in [0.29, 0.717) is 22.3 Å². The Morgan fingerprint density at radius 1 is 1.00 bits per heavy atom. The first-order valence-electron chi connectivity index (χ1n) is 8.99. The topological polar surface area (TPSA) is 64.4 Å². The van der Waals surface area contributed by atoms with Crippen LogP contribution in [-0.2, 0) is 13.2 Å². The van der Waals surface area contributed by atoms with Crippen LogP contribution < -0.4 is 10.1 Å². The van der Waals surface area contributed by atoms with Crippen molar-refractivity contribution in [2.45, 2.75) is 27.0 Å². The number of benzene rings is 3. The third kappa shape index (κ3) is 5.19. The minimum Gasteiger partial charge on any atom is -0.486 e. The summed E-state index contributed by atoms with van der Waals surface area (Å²) in [6.07, 6.45) is 0. The number of rotatable bonds is 7. The summed E-state index contributed by atoms with van der Waals surface area (Å²) in [5, 5.41) is 15.0. The van der Waals surface area contributed by atoms with Crippen molar-refractivity contribution in [2.24, 2.45) is 0 Å². The number of hydrogen-bond donors (Lipinski definition) is 1. The Morgan fingerprint density at radius 3 is 2.28 bits per heavy atom. The van der Waals surface area contributed by atoms with Crippen molar-refractivity contribution in [3.8, 4) is 5.75 Å². The van der Waals surface area contributed by atoms with E-state index in [-0.39, 0.29) is 12.3 Å². The minimum absolute atomic E-state index is 0.0329. The van der Waals surface area contributed by atoms with Crippen LogP contribution >= 0.6 is 23.2 Å². The summed E-state index contributed by atoms with van der Waals surface area (Å²) in [6, 6.07) is 15.9. The molecule has 0 aliphatic rings. The van der Waals surface area contributed by atoms with Crippen LogP contribution in [0.15, 0.2) is 54.6 Å². The number of ether oxygens (including phenoxy) is 1. The van der Waals surface area contributed by atoms with Gasteiger partial charge in [0.05, 0.1) is 15.0 Å². The molecule has 0 saturated carbocycles. The fraction of sp³-hybridized carbons (Fsp3) is 0.182. The predicted molar refractivity (Wildman–Crippen MR) is 117 cm³/mol. The zero-order valence-electron chi connectivity index (χ0n) is 16.0. The third-order valence-corrected chi connectivity index (χ3v) is 5.24. The van der Waals surface area contributed by atoms with E-state index in [1.165, 1.54) is 23.3 Å². The maximum atomic E-state index is 10.7. The molecule has 3 aromatic carbocycles. The van der Waals surface area contributed by atoms with Crippen LogP contribution in [0.5, 0.6) is 5.75 Å². The molecule has 1 N–H and O–H groups in total. The molecule has 0 aromatic heterocycles. The molecule has 0 spiro atoms. The molecular formula is C22H20Cl2N2O3. The van der Waals surface area contributed by atoms with Crippen molar-refractivity contribution < 1.29 is 9.66 Å². The van der Waals surface area contributed by atoms with Crippen LogP contribution in [0.25, 0.3) is 0 Å². The summed E-state index contributed by atoms with van der Waals surface area (Å²) in [5.74, 6) is 0.391. The highest BCUT2D eigenvalue weighted by Gasteiger charge is 2.11. The zero-order chi connectivity index (χ0) is 21.0. The molecule has 3 aromatic rings. The Bertz CT molecular complexity index is 1010. The summed E-state index contributed by atoms with van der Waals surface area (Å²) in [6.45, 7) is 4.93. The standard InChI is InChI=1S/C22H20Cl2N2O3/c1-14-4-3-5-21(15(14)2)25-12-17-10-19(23)22(20(24)11-17)29-13-16-6-8-18(9-7-16)26(27)28/h3-11,25H,12-13H2,1-2H3. The SMILES string of the molecule is Cc1cccc(NCc2cc(Cl)c(OCc3ccc([N+](=O)[O-])cc3)c(Cl)c2)c1C. The first kappa shape index (κ1) is 21.0. The molecule has 0 unspecified atom stereocenters. The molecule has 0 aliphatic carbocycles. The van der Waals surface area contributed by atoms with Gasteiger partial charge in [-0.3, -0.25) is 10.1 Å². The Kier molecular flexibility index (Phi) is 6.62. The van der Waals surface area contributed by atoms with Crippen LogP contribution in [0.4, 0.5) is 11.4 Å². The van der Waals surface area contributed by atoms with E-state index >= 15 is 0 Å². The van der Waals surface area contributed by atoms with Gasteiger partial charge in [0, 0.05) is 24.4 Å². The maximum absolute atomic E-state index is 10.7. The van der Waals surface area contributed by atoms with Gasteiger partial charge in [-0.15, -0.1) is 0 Å². The number of non-ortho nitro benzene ring substituents is 1. The van der Waals surface area contributed by atoms with Crippen LogP contribution in [0, 0.1) is 24.0 Å². The number of anilines is 1. The predicted octanol–water partition coefficient (Wildman–Crippen LogP) is 6.71. The van der Waals surface area contributed by atoms with Gasteiger partial charge in [-0.25, -0.2) is 0 Å². The lowest BCUT2D eigenvalue weighted by atomic mass is 10.1. The van der Waals surface area contributed by atoms with Crippen LogP contribution in [0.1, 0.15) is 22.3 Å². The summed E-state index contributed by atoms with van der Waals surface area (Å²) in [7, 11) is 0. The molecule has 0 heterocycles. The van der Waals surface area contributed by atoms with Gasteiger partial charge in [-0.05, 0) is 66.4 Å². The van der Waals surface area contributed by atoms with Gasteiger partial charge in [0.25, 0.3) is 5.69 Å². The lowest BCUT2D eigenvalue weighted by Gasteiger charge is -2.14. The molecule has 0 saturated heterocycles. The quantitative estimate of drug-likeness (QED) is 0.334. The molecule has 0 fully saturated rings. The molecule has 0 atom stereocenters. The van der Waals surface area contributed by atoms with E-state index in [1.54, 1.807) is 12.1 Å². The fourth-order valence-corrected chi connectivity index (χ4v) is 3.50. The third-order valence-electron chi connectivity index (χ3n) is 4.68. The molecule has 0 amide bonds. The smallest absolute Gasteiger partial charge is 0.269 e. The lowest BCUT2D eigenvalue weighted by Crippen LogP contribution is -2.03. The molecular weight excluding hydrogens is 411 g/mol. The second kappa shape index (κ2) is 9.16. The van der Waals surface area contributed by atoms with Crippen LogP contribution in [0.2, 0.25) is 10.0 Å². The lowest BCUT2D eigenvalue weighted by molar-refractivity contribution is -0.384. The monoisotopic (exact) mass is 430 g/mol. The second-order valence-corrected chi connectivity index (χ2v) is 7.52. The second-order valence-electron chi connectivity index (χ2n) is 6.70. The van der Waals surface area contributed by atoms with Crippen LogP contribution in [0.3, 0.4) is 0 Å². The average molecular weight is 431 g/mol. The van der Waals surface area contributed by atoms with E-state index in [9.17, 15) is 10.1 Å². The Labute approximate surface area is 179 Å². The van der Waals surface area contributed by atoms with Gasteiger partial charge < -0.3 is 10.1 Å². The molecule has 0 aliphatic heterocycles. The number of nitro benzene ring substituents is 1. The summed E-state index contributed by atoms with van der Waals surface area (Å²) in [4.78, 5) is 10.3. The molecule has 29 heavy (non-hydrogen) atoms. The Hall–Kier alpha value is -2.76. The fourth-order valence-electron chi connectivity index (χ4n) is 2.86. The molecule has 0 radical (unpaired) electrons. The van der Waals surface area contributed by atoms with E-state index in [1.807, 2.05) is 24.3 Å². The average Bonchev–Trinajstić information content (AvgIpc) is 2.69. The van der Waals surface area contributed by atoms with Crippen molar-refractivity contribution in [1.82, 2.24) is 0 Å². The highest BCUT2D eigenvalue weighted by molar-refractivity contribution is 6.37. The van der Waals surface area contributed by atoms with Crippen molar-refractivity contribution >= 4 is 34.6 Å². The van der Waals surface area contributed by atoms with Gasteiger partial charge >= 0.3 is 0 Å². The van der Waals surface area contributed by atoms with E-state index in [4.69, 9.17) is 27.9 Å². The highest BCUT2D eigenvalue weighted by Crippen LogP contribution is 2.35. The Balaban J connectivity index is 1.67. The van der Waals surface area contributed by atoms with Gasteiger partial charge in [0.15, 0.2) is 5.75 Å². The first-order chi connectivity index (χ1) is 13.8. The number of nitro groups is 1. The number of aryl methyl sites for hydroxylation is 1. The number of hydrogen-bond acceptors (Lipinski definition) is 4. The van der Waals surface area contributed by atoms with Crippen molar-refractivity contribution in [1.29, 1.82) is 0 Å². The van der Waals surface area contributed by atoms with E-state index < -0.39 is 4.92 Å². The van der Waals surface area contributed by atoms with Gasteiger partial charge in [0.2, 0.25) is 0 Å². The van der Waals surface area contributed by atoms with Crippen LogP contribution in [-0.4, -0.2) is 4.92 Å². The zero-order valence-corrected chi connectivity index (χ0v) is 17.6. The molecule has 7 heteroatoms. The minimum atomic E-state index is -0.441. The van der Waals surface area contributed by atoms with E-state index in [2.05, 4.69) is 25.2 Å². The maximum Gasteiger partial charge on any atom is 0.269 e. The van der Waals surface area contributed by atoms with Gasteiger partial charge in [0.1, 0.15) is 6.61 Å². The number of nitrogens with zero attached hydrogens (tertiary/aromatic N) is 1. The van der Waals surface area contributed by atoms with E-state index in [0.717, 1.165) is 16.8 Å². The molecule has 5 nitrogen and oxygen atoms in total. The van der Waals surface area contributed by atoms with Gasteiger partial charge in [-0.2, -0.15) is 0 Å². The number of halogens is 2. The Morgan fingerprint density at radius 2 is 1.66 bits per heavy atom. The van der Waals surface area contributed by atoms with Gasteiger partial charge in [-0.1, -0.05) is 35.3 Å². The molecule has 150 valence electrons. The molecule has 3 rings (SSSR count). The summed E-state index contributed by atoms with van der Waals surface area (Å²) < 4.78 is 5.75. The first-order valence-corrected chi connectivity index (χ1v) is 9.75. The normalized spacial score (nSPS) is 10.6. The largest absolute Gasteiger partial charge is 0.486 e. The number of nitrogens with one attached hydrogen (secondary N) is 1. The van der Waals surface area contributed by atoms with Crippen molar-refractivity contribution in [3.05, 3.63) is 97.0 Å². The summed E-state index contributed by atoms with van der Waals surface area (Å²) >= 11 is 12.8. The summed E-state index contributed by atoms with van der Waals surface area (Å²) in [5.41, 5.74) is 5.24. The molecule has 0 bridgehead atoms. The van der Waals surface area contributed by atoms with Crippen molar-refractivity contribution in [2.75, 3.05) is 5.32 Å². The highest BCUT2D eigenvalue weighted by atomic mass is 35.5.